The number of nitrogens with two attached hydrogens (primary N) is 1. The molecule has 3 N–H and O–H groups in total. The van der Waals surface area contributed by atoms with Crippen molar-refractivity contribution in [1.82, 2.24) is 9.80 Å². The van der Waals surface area contributed by atoms with Crippen LogP contribution in [0.15, 0.2) is 60.2 Å². The maximum Gasteiger partial charge on any atom is 0.295 e. The predicted octanol–water partition coefficient (Wildman–Crippen LogP) is 1.53. The molecule has 8 heteroatoms. The molecule has 0 radical (unpaired) electrons. The Bertz CT molecular complexity index is 1000. The van der Waals surface area contributed by atoms with Gasteiger partial charge in [0.25, 0.3) is 17.6 Å². The number of ether oxygens (including phenoxy) is 1. The number of rotatable bonds is 8. The number of carbonyl (C=O) groups is 3. The van der Waals surface area contributed by atoms with Gasteiger partial charge in [0.2, 0.25) is 0 Å². The highest BCUT2D eigenvalue weighted by molar-refractivity contribution is 6.46. The minimum absolute atomic E-state index is 0.0424. The number of ketones is 1. The van der Waals surface area contributed by atoms with E-state index < -0.39 is 23.6 Å². The third-order valence-electron chi connectivity index (χ3n) is 4.95. The number of benzene rings is 2. The van der Waals surface area contributed by atoms with Crippen molar-refractivity contribution in [3.8, 4) is 5.75 Å². The van der Waals surface area contributed by atoms with E-state index in [1.54, 1.807) is 54.6 Å². The Morgan fingerprint density at radius 3 is 2.32 bits per heavy atom. The van der Waals surface area contributed by atoms with E-state index in [0.717, 1.165) is 0 Å². The zero-order chi connectivity index (χ0) is 22.5. The number of primary amides is 1. The van der Waals surface area contributed by atoms with E-state index in [9.17, 15) is 19.5 Å². The Balaban J connectivity index is 2.04. The van der Waals surface area contributed by atoms with Gasteiger partial charge in [0.05, 0.1) is 11.6 Å². The van der Waals surface area contributed by atoms with Gasteiger partial charge >= 0.3 is 0 Å². The molecule has 162 valence electrons. The smallest absolute Gasteiger partial charge is 0.295 e. The Morgan fingerprint density at radius 2 is 1.74 bits per heavy atom. The van der Waals surface area contributed by atoms with Gasteiger partial charge in [-0.25, -0.2) is 0 Å². The summed E-state index contributed by atoms with van der Waals surface area (Å²) in [6, 6.07) is 14.6. The minimum Gasteiger partial charge on any atom is -0.507 e. The highest BCUT2D eigenvalue weighted by Gasteiger charge is 2.45. The lowest BCUT2D eigenvalue weighted by Gasteiger charge is -2.26. The van der Waals surface area contributed by atoms with Crippen LogP contribution in [0, 0.1) is 0 Å². The summed E-state index contributed by atoms with van der Waals surface area (Å²) in [5, 5.41) is 10.9. The van der Waals surface area contributed by atoms with Gasteiger partial charge in [0.15, 0.2) is 6.61 Å². The first-order valence-electron chi connectivity index (χ1n) is 9.79. The van der Waals surface area contributed by atoms with Crippen LogP contribution in [0.2, 0.25) is 0 Å². The summed E-state index contributed by atoms with van der Waals surface area (Å²) < 4.78 is 5.29. The SMILES string of the molecule is CN(C)CCN1C(=O)C(=O)C(=C(O)c2ccccc2)C1c1ccc(OCC(N)=O)cc1. The van der Waals surface area contributed by atoms with Gasteiger partial charge in [-0.2, -0.15) is 0 Å². The van der Waals surface area contributed by atoms with Crippen molar-refractivity contribution in [2.24, 2.45) is 5.73 Å². The minimum atomic E-state index is -0.745. The fourth-order valence-electron chi connectivity index (χ4n) is 3.42. The van der Waals surface area contributed by atoms with E-state index in [2.05, 4.69) is 0 Å². The molecule has 1 heterocycles. The molecule has 31 heavy (non-hydrogen) atoms. The molecule has 3 rings (SSSR count). The summed E-state index contributed by atoms with van der Waals surface area (Å²) in [5.74, 6) is -1.76. The van der Waals surface area contributed by atoms with Crippen LogP contribution in [0.1, 0.15) is 17.2 Å². The van der Waals surface area contributed by atoms with Gasteiger partial charge in [-0.15, -0.1) is 0 Å². The summed E-state index contributed by atoms with van der Waals surface area (Å²) in [4.78, 5) is 40.0. The average molecular weight is 423 g/mol. The standard InChI is InChI=1S/C23H25N3O5/c1-25(2)12-13-26-20(15-8-10-17(11-9-15)31-14-18(24)27)19(22(29)23(26)30)21(28)16-6-4-3-5-7-16/h3-11,20,28H,12-14H2,1-2H3,(H2,24,27). The number of likely N-dealkylation sites (N-methyl/N-ethyl adjacent to an activating group) is 1. The summed E-state index contributed by atoms with van der Waals surface area (Å²) in [5.41, 5.74) is 6.24. The summed E-state index contributed by atoms with van der Waals surface area (Å²) in [6.45, 7) is 0.608. The molecular formula is C23H25N3O5. The summed E-state index contributed by atoms with van der Waals surface area (Å²) in [6.07, 6.45) is 0. The fourth-order valence-corrected chi connectivity index (χ4v) is 3.42. The van der Waals surface area contributed by atoms with Crippen molar-refractivity contribution < 1.29 is 24.2 Å². The molecule has 1 fully saturated rings. The highest BCUT2D eigenvalue weighted by Crippen LogP contribution is 2.39. The maximum atomic E-state index is 12.9. The van der Waals surface area contributed by atoms with Gasteiger partial charge in [-0.1, -0.05) is 42.5 Å². The molecule has 2 aromatic rings. The lowest BCUT2D eigenvalue weighted by Crippen LogP contribution is -2.35. The van der Waals surface area contributed by atoms with Crippen LogP contribution < -0.4 is 10.5 Å². The van der Waals surface area contributed by atoms with Gasteiger partial charge in [-0.05, 0) is 31.8 Å². The number of hydrogen-bond donors (Lipinski definition) is 2. The van der Waals surface area contributed by atoms with Crippen LogP contribution in [0.5, 0.6) is 5.75 Å². The third-order valence-corrected chi connectivity index (χ3v) is 4.95. The van der Waals surface area contributed by atoms with Gasteiger partial charge in [0, 0.05) is 18.7 Å². The second-order valence-corrected chi connectivity index (χ2v) is 7.49. The molecular weight excluding hydrogens is 398 g/mol. The zero-order valence-corrected chi connectivity index (χ0v) is 17.4. The molecule has 0 aliphatic carbocycles. The van der Waals surface area contributed by atoms with Crippen molar-refractivity contribution >= 4 is 23.4 Å². The van der Waals surface area contributed by atoms with Gasteiger partial charge < -0.3 is 25.4 Å². The molecule has 2 aromatic carbocycles. The van der Waals surface area contributed by atoms with Crippen molar-refractivity contribution in [2.75, 3.05) is 33.8 Å². The van der Waals surface area contributed by atoms with E-state index in [4.69, 9.17) is 10.5 Å². The Labute approximate surface area is 180 Å². The third kappa shape index (κ3) is 4.92. The molecule has 1 aliphatic heterocycles. The number of carbonyl (C=O) groups excluding carboxylic acids is 3. The second-order valence-electron chi connectivity index (χ2n) is 7.49. The monoisotopic (exact) mass is 423 g/mol. The molecule has 1 aliphatic rings. The first-order chi connectivity index (χ1) is 14.8. The number of amides is 2. The zero-order valence-electron chi connectivity index (χ0n) is 17.4. The molecule has 1 saturated heterocycles. The number of aliphatic hydroxyl groups excluding tert-OH is 1. The van der Waals surface area contributed by atoms with Gasteiger partial charge in [0.1, 0.15) is 11.5 Å². The summed E-state index contributed by atoms with van der Waals surface area (Å²) in [7, 11) is 3.75. The van der Waals surface area contributed by atoms with E-state index in [-0.39, 0.29) is 17.9 Å². The van der Waals surface area contributed by atoms with E-state index in [1.165, 1.54) is 4.90 Å². The number of Topliss-reactive ketones (excluding diaryl/α,β-unsaturated/α-hetero) is 1. The molecule has 0 spiro atoms. The number of likely N-dealkylation sites (tertiary alicyclic amines) is 1. The highest BCUT2D eigenvalue weighted by atomic mass is 16.5. The second kappa shape index (κ2) is 9.44. The van der Waals surface area contributed by atoms with E-state index in [1.807, 2.05) is 19.0 Å². The fraction of sp³-hybridized carbons (Fsp3) is 0.261. The van der Waals surface area contributed by atoms with Crippen LogP contribution in [0.3, 0.4) is 0 Å². The van der Waals surface area contributed by atoms with Crippen LogP contribution in [-0.2, 0) is 14.4 Å². The molecule has 8 nitrogen and oxygen atoms in total. The molecule has 0 aromatic heterocycles. The first-order valence-corrected chi connectivity index (χ1v) is 9.79. The first kappa shape index (κ1) is 22.0. The molecule has 1 unspecified atom stereocenters. The number of hydrogen-bond acceptors (Lipinski definition) is 6. The van der Waals surface area contributed by atoms with Crippen LogP contribution >= 0.6 is 0 Å². The topological polar surface area (TPSA) is 113 Å². The van der Waals surface area contributed by atoms with Crippen molar-refractivity contribution in [1.29, 1.82) is 0 Å². The quantitative estimate of drug-likeness (QED) is 0.378. The molecule has 2 amide bonds. The van der Waals surface area contributed by atoms with Crippen molar-refractivity contribution in [3.63, 3.8) is 0 Å². The van der Waals surface area contributed by atoms with Crippen LogP contribution in [0.25, 0.3) is 5.76 Å². The number of aliphatic hydroxyl groups is 1. The van der Waals surface area contributed by atoms with Crippen molar-refractivity contribution in [3.05, 3.63) is 71.3 Å². The van der Waals surface area contributed by atoms with Crippen molar-refractivity contribution in [2.45, 2.75) is 6.04 Å². The lowest BCUT2D eigenvalue weighted by atomic mass is 9.95. The Kier molecular flexibility index (Phi) is 6.71. The van der Waals surface area contributed by atoms with E-state index >= 15 is 0 Å². The Morgan fingerprint density at radius 1 is 1.10 bits per heavy atom. The normalized spacial score (nSPS) is 17.9. The van der Waals surface area contributed by atoms with Gasteiger partial charge in [-0.3, -0.25) is 14.4 Å². The van der Waals surface area contributed by atoms with Crippen LogP contribution in [0.4, 0.5) is 0 Å². The lowest BCUT2D eigenvalue weighted by molar-refractivity contribution is -0.140. The maximum absolute atomic E-state index is 12.9. The predicted molar refractivity (Wildman–Crippen MR) is 115 cm³/mol. The average Bonchev–Trinajstić information content (AvgIpc) is 3.01. The Hall–Kier alpha value is -3.65. The van der Waals surface area contributed by atoms with Crippen LogP contribution in [-0.4, -0.2) is 66.3 Å². The van der Waals surface area contributed by atoms with E-state index in [0.29, 0.717) is 30.0 Å². The largest absolute Gasteiger partial charge is 0.507 e. The molecule has 0 saturated carbocycles. The summed E-state index contributed by atoms with van der Waals surface area (Å²) >= 11 is 0. The number of nitrogens with zero attached hydrogens (tertiary/aromatic N) is 2. The molecule has 1 atom stereocenters. The molecule has 0 bridgehead atoms.